The van der Waals surface area contributed by atoms with Crippen LogP contribution >= 0.6 is 11.3 Å². The third-order valence-electron chi connectivity index (χ3n) is 1.85. The molecule has 3 N–H and O–H groups in total. The van der Waals surface area contributed by atoms with E-state index in [1.807, 2.05) is 19.2 Å². The summed E-state index contributed by atoms with van der Waals surface area (Å²) < 4.78 is 5.30. The molecule has 0 amide bonds. The minimum Gasteiger partial charge on any atom is -0.380 e. The molecule has 0 aliphatic rings. The number of hydrazine groups is 1. The van der Waals surface area contributed by atoms with Crippen molar-refractivity contribution in [2.45, 2.75) is 26.3 Å². The van der Waals surface area contributed by atoms with Gasteiger partial charge in [-0.1, -0.05) is 0 Å². The maximum absolute atomic E-state index is 5.42. The molecule has 1 unspecified atom stereocenters. The van der Waals surface area contributed by atoms with Gasteiger partial charge in [0.05, 0.1) is 17.7 Å². The Bertz CT molecular complexity index is 264. The van der Waals surface area contributed by atoms with Gasteiger partial charge in [0.1, 0.15) is 0 Å². The van der Waals surface area contributed by atoms with Gasteiger partial charge >= 0.3 is 0 Å². The number of nitrogens with one attached hydrogen (secondary N) is 1. The van der Waals surface area contributed by atoms with Crippen molar-refractivity contribution in [2.24, 2.45) is 5.84 Å². The predicted octanol–water partition coefficient (Wildman–Crippen LogP) is 0.862. The smallest absolute Gasteiger partial charge is 0.0945 e. The molecule has 0 saturated heterocycles. The summed E-state index contributed by atoms with van der Waals surface area (Å²) >= 11 is 1.66. The Morgan fingerprint density at radius 2 is 2.50 bits per heavy atom. The molecule has 0 radical (unpaired) electrons. The molecule has 1 rings (SSSR count). The quantitative estimate of drug-likeness (QED) is 0.546. The van der Waals surface area contributed by atoms with E-state index >= 15 is 0 Å². The van der Waals surface area contributed by atoms with Gasteiger partial charge in [-0.05, 0) is 13.8 Å². The third kappa shape index (κ3) is 3.71. The molecule has 0 aromatic carbocycles. The van der Waals surface area contributed by atoms with Crippen molar-refractivity contribution in [3.05, 3.63) is 16.1 Å². The molecule has 0 spiro atoms. The molecule has 80 valence electrons. The number of hydrogen-bond acceptors (Lipinski definition) is 5. The number of thiazole rings is 1. The molecule has 1 atom stereocenters. The van der Waals surface area contributed by atoms with Gasteiger partial charge in [-0.3, -0.25) is 11.3 Å². The van der Waals surface area contributed by atoms with E-state index in [-0.39, 0.29) is 6.04 Å². The van der Waals surface area contributed by atoms with Gasteiger partial charge in [-0.2, -0.15) is 0 Å². The maximum Gasteiger partial charge on any atom is 0.0945 e. The highest BCUT2D eigenvalue weighted by Gasteiger charge is 2.09. The molecule has 1 aromatic heterocycles. The standard InChI is InChI=1S/C9H17N3OS/c1-3-13-5-8(12-10)4-9-11-7(2)6-14-9/h6,8,12H,3-5,10H2,1-2H3. The van der Waals surface area contributed by atoms with Crippen LogP contribution in [0, 0.1) is 6.92 Å². The van der Waals surface area contributed by atoms with Crippen molar-refractivity contribution in [3.63, 3.8) is 0 Å². The van der Waals surface area contributed by atoms with Crippen LogP contribution in [0.1, 0.15) is 17.6 Å². The molecule has 0 aliphatic heterocycles. The number of nitrogens with two attached hydrogens (primary N) is 1. The lowest BCUT2D eigenvalue weighted by Gasteiger charge is -2.13. The Morgan fingerprint density at radius 1 is 1.71 bits per heavy atom. The minimum atomic E-state index is 0.153. The Morgan fingerprint density at radius 3 is 3.00 bits per heavy atom. The van der Waals surface area contributed by atoms with Gasteiger partial charge in [0, 0.05) is 24.1 Å². The van der Waals surface area contributed by atoms with E-state index in [4.69, 9.17) is 10.6 Å². The first kappa shape index (κ1) is 11.6. The Balaban J connectivity index is 2.40. The van der Waals surface area contributed by atoms with Gasteiger partial charge in [-0.15, -0.1) is 11.3 Å². The lowest BCUT2D eigenvalue weighted by Crippen LogP contribution is -2.40. The van der Waals surface area contributed by atoms with Crippen molar-refractivity contribution in [1.29, 1.82) is 0 Å². The van der Waals surface area contributed by atoms with Crippen molar-refractivity contribution in [1.82, 2.24) is 10.4 Å². The van der Waals surface area contributed by atoms with Gasteiger partial charge in [0.15, 0.2) is 0 Å². The van der Waals surface area contributed by atoms with Crippen LogP contribution in [0.3, 0.4) is 0 Å². The zero-order valence-electron chi connectivity index (χ0n) is 8.62. The lowest BCUT2D eigenvalue weighted by atomic mass is 10.2. The van der Waals surface area contributed by atoms with Crippen LogP contribution < -0.4 is 11.3 Å². The third-order valence-corrected chi connectivity index (χ3v) is 2.84. The maximum atomic E-state index is 5.42. The molecule has 0 bridgehead atoms. The predicted molar refractivity (Wildman–Crippen MR) is 58.2 cm³/mol. The summed E-state index contributed by atoms with van der Waals surface area (Å²) in [5.41, 5.74) is 3.80. The van der Waals surface area contributed by atoms with Crippen molar-refractivity contribution < 1.29 is 4.74 Å². The average Bonchev–Trinajstić information content (AvgIpc) is 2.58. The second-order valence-electron chi connectivity index (χ2n) is 3.11. The highest BCUT2D eigenvalue weighted by Crippen LogP contribution is 2.10. The largest absolute Gasteiger partial charge is 0.380 e. The van der Waals surface area contributed by atoms with E-state index in [0.29, 0.717) is 6.61 Å². The lowest BCUT2D eigenvalue weighted by molar-refractivity contribution is 0.123. The summed E-state index contributed by atoms with van der Waals surface area (Å²) in [5, 5.41) is 3.15. The first-order valence-electron chi connectivity index (χ1n) is 4.71. The minimum absolute atomic E-state index is 0.153. The summed E-state index contributed by atoms with van der Waals surface area (Å²) in [6, 6.07) is 0.153. The topological polar surface area (TPSA) is 60.2 Å². The molecule has 0 saturated carbocycles. The summed E-state index contributed by atoms with van der Waals surface area (Å²) in [6.07, 6.45) is 0.828. The number of aromatic nitrogens is 1. The van der Waals surface area contributed by atoms with Gasteiger partial charge < -0.3 is 4.74 Å². The van der Waals surface area contributed by atoms with E-state index in [1.54, 1.807) is 11.3 Å². The number of rotatable bonds is 6. The molecule has 5 heteroatoms. The van der Waals surface area contributed by atoms with Crippen molar-refractivity contribution in [2.75, 3.05) is 13.2 Å². The van der Waals surface area contributed by atoms with Gasteiger partial charge in [0.25, 0.3) is 0 Å². The first-order valence-corrected chi connectivity index (χ1v) is 5.59. The van der Waals surface area contributed by atoms with E-state index in [1.165, 1.54) is 0 Å². The zero-order chi connectivity index (χ0) is 10.4. The second-order valence-corrected chi connectivity index (χ2v) is 4.05. The van der Waals surface area contributed by atoms with Crippen molar-refractivity contribution in [3.8, 4) is 0 Å². The fourth-order valence-electron chi connectivity index (χ4n) is 1.13. The van der Waals surface area contributed by atoms with Crippen LogP contribution in [0.15, 0.2) is 5.38 Å². The van der Waals surface area contributed by atoms with Crippen LogP contribution in [0.2, 0.25) is 0 Å². The van der Waals surface area contributed by atoms with Crippen LogP contribution in [0.25, 0.3) is 0 Å². The summed E-state index contributed by atoms with van der Waals surface area (Å²) in [7, 11) is 0. The molecule has 4 nitrogen and oxygen atoms in total. The molecule has 0 aliphatic carbocycles. The highest BCUT2D eigenvalue weighted by atomic mass is 32.1. The number of nitrogens with zero attached hydrogens (tertiary/aromatic N) is 1. The highest BCUT2D eigenvalue weighted by molar-refractivity contribution is 7.09. The molecule has 1 heterocycles. The normalized spacial score (nSPS) is 13.1. The van der Waals surface area contributed by atoms with Crippen LogP contribution in [0.5, 0.6) is 0 Å². The summed E-state index contributed by atoms with van der Waals surface area (Å²) in [5.74, 6) is 5.42. The number of hydrogen-bond donors (Lipinski definition) is 2. The Hall–Kier alpha value is -0.490. The fraction of sp³-hybridized carbons (Fsp3) is 0.667. The number of ether oxygens (including phenoxy) is 1. The fourth-order valence-corrected chi connectivity index (χ4v) is 1.99. The van der Waals surface area contributed by atoms with Crippen LogP contribution in [-0.4, -0.2) is 24.2 Å². The van der Waals surface area contributed by atoms with E-state index < -0.39 is 0 Å². The summed E-state index contributed by atoms with van der Waals surface area (Å²) in [6.45, 7) is 5.31. The Kier molecular flexibility index (Phi) is 5.03. The molecular formula is C9H17N3OS. The van der Waals surface area contributed by atoms with Gasteiger partial charge in [0.2, 0.25) is 0 Å². The van der Waals surface area contributed by atoms with Crippen LogP contribution in [-0.2, 0) is 11.2 Å². The Labute approximate surface area is 88.5 Å². The first-order chi connectivity index (χ1) is 6.76. The van der Waals surface area contributed by atoms with Gasteiger partial charge in [-0.25, -0.2) is 4.98 Å². The van der Waals surface area contributed by atoms with Crippen molar-refractivity contribution >= 4 is 11.3 Å². The molecule has 0 fully saturated rings. The summed E-state index contributed by atoms with van der Waals surface area (Å²) in [4.78, 5) is 4.37. The molecule has 14 heavy (non-hydrogen) atoms. The number of aryl methyl sites for hydroxylation is 1. The van der Waals surface area contributed by atoms with E-state index in [9.17, 15) is 0 Å². The van der Waals surface area contributed by atoms with E-state index in [2.05, 4.69) is 10.4 Å². The second kappa shape index (κ2) is 6.08. The molecule has 1 aromatic rings. The SMILES string of the molecule is CCOCC(Cc1nc(C)cs1)NN. The average molecular weight is 215 g/mol. The zero-order valence-corrected chi connectivity index (χ0v) is 9.43. The molecular weight excluding hydrogens is 198 g/mol. The van der Waals surface area contributed by atoms with E-state index in [0.717, 1.165) is 23.7 Å². The van der Waals surface area contributed by atoms with Crippen LogP contribution in [0.4, 0.5) is 0 Å². The monoisotopic (exact) mass is 215 g/mol.